The first kappa shape index (κ1) is 26.7. The minimum absolute atomic E-state index is 0.212. The fraction of sp³-hybridized carbons (Fsp3) is 0.296. The Hall–Kier alpha value is -3.37. The van der Waals surface area contributed by atoms with Crippen LogP contribution in [0.2, 0.25) is 0 Å². The van der Waals surface area contributed by atoms with Gasteiger partial charge in [-0.15, -0.1) is 0 Å². The van der Waals surface area contributed by atoms with E-state index in [0.717, 1.165) is 11.1 Å². The van der Waals surface area contributed by atoms with Crippen molar-refractivity contribution in [2.24, 2.45) is 4.99 Å². The summed E-state index contributed by atoms with van der Waals surface area (Å²) >= 11 is 4.79. The smallest absolute Gasteiger partial charge is 0.338 e. The van der Waals surface area contributed by atoms with Gasteiger partial charge in [-0.1, -0.05) is 23.5 Å². The molecule has 0 N–H and O–H groups in total. The second-order valence-electron chi connectivity index (χ2n) is 8.04. The lowest BCUT2D eigenvalue weighted by molar-refractivity contribution is -0.139. The molecule has 0 spiro atoms. The van der Waals surface area contributed by atoms with Crippen LogP contribution >= 0.6 is 27.3 Å². The molecular formula is C27H27BrN2O6S. The van der Waals surface area contributed by atoms with Crippen molar-refractivity contribution >= 4 is 39.3 Å². The van der Waals surface area contributed by atoms with E-state index in [1.807, 2.05) is 31.2 Å². The van der Waals surface area contributed by atoms with Gasteiger partial charge in [-0.2, -0.15) is 0 Å². The van der Waals surface area contributed by atoms with Crippen molar-refractivity contribution in [2.45, 2.75) is 26.8 Å². The summed E-state index contributed by atoms with van der Waals surface area (Å²) in [7, 11) is 3.15. The number of benzene rings is 2. The van der Waals surface area contributed by atoms with Crippen molar-refractivity contribution in [3.8, 4) is 17.2 Å². The molecule has 4 rings (SSSR count). The van der Waals surface area contributed by atoms with Crippen molar-refractivity contribution in [3.05, 3.63) is 83.0 Å². The number of aromatic nitrogens is 1. The predicted molar refractivity (Wildman–Crippen MR) is 145 cm³/mol. The summed E-state index contributed by atoms with van der Waals surface area (Å²) in [5.41, 5.74) is 2.08. The van der Waals surface area contributed by atoms with Crippen molar-refractivity contribution < 1.29 is 23.7 Å². The summed E-state index contributed by atoms with van der Waals surface area (Å²) in [6, 6.07) is 10.3. The number of allylic oxidation sites excluding steroid dienone is 1. The number of ether oxygens (including phenoxy) is 4. The van der Waals surface area contributed by atoms with E-state index in [4.69, 9.17) is 18.9 Å². The van der Waals surface area contributed by atoms with Gasteiger partial charge in [0.2, 0.25) is 0 Å². The van der Waals surface area contributed by atoms with Crippen LogP contribution in [0.1, 0.15) is 37.9 Å². The first-order valence-electron chi connectivity index (χ1n) is 11.7. The zero-order chi connectivity index (χ0) is 26.7. The van der Waals surface area contributed by atoms with Gasteiger partial charge in [0, 0.05) is 0 Å². The van der Waals surface area contributed by atoms with Crippen molar-refractivity contribution in [3.63, 3.8) is 0 Å². The van der Waals surface area contributed by atoms with Gasteiger partial charge in [-0.25, -0.2) is 9.79 Å². The second-order valence-corrected chi connectivity index (χ2v) is 9.91. The zero-order valence-electron chi connectivity index (χ0n) is 21.2. The number of rotatable bonds is 8. The Bertz CT molecular complexity index is 1540. The number of halogens is 1. The average molecular weight is 587 g/mol. The highest BCUT2D eigenvalue weighted by molar-refractivity contribution is 9.10. The molecule has 2 heterocycles. The molecule has 194 valence electrons. The molecule has 2 aromatic carbocycles. The average Bonchev–Trinajstić information content (AvgIpc) is 3.18. The van der Waals surface area contributed by atoms with Crippen LogP contribution < -0.4 is 29.1 Å². The highest BCUT2D eigenvalue weighted by atomic mass is 79.9. The number of methoxy groups -OCH3 is 2. The molecule has 10 heteroatoms. The first-order valence-corrected chi connectivity index (χ1v) is 13.3. The van der Waals surface area contributed by atoms with Crippen LogP contribution in [0, 0.1) is 0 Å². The van der Waals surface area contributed by atoms with Crippen LogP contribution in [-0.2, 0) is 9.53 Å². The van der Waals surface area contributed by atoms with Gasteiger partial charge in [0.05, 0.1) is 53.8 Å². The molecule has 0 amide bonds. The van der Waals surface area contributed by atoms with Crippen molar-refractivity contribution in [1.82, 2.24) is 4.57 Å². The fourth-order valence-electron chi connectivity index (χ4n) is 4.15. The Morgan fingerprint density at radius 2 is 1.86 bits per heavy atom. The molecule has 1 aromatic heterocycles. The van der Waals surface area contributed by atoms with Gasteiger partial charge in [-0.3, -0.25) is 9.36 Å². The summed E-state index contributed by atoms with van der Waals surface area (Å²) in [5.74, 6) is 1.31. The van der Waals surface area contributed by atoms with Gasteiger partial charge < -0.3 is 18.9 Å². The number of hydrogen-bond donors (Lipinski definition) is 0. The molecule has 0 fully saturated rings. The Balaban J connectivity index is 1.91. The molecule has 0 saturated carbocycles. The van der Waals surface area contributed by atoms with E-state index in [1.165, 1.54) is 11.3 Å². The Morgan fingerprint density at radius 1 is 1.14 bits per heavy atom. The molecule has 0 aliphatic carbocycles. The number of carbonyl (C=O) groups is 1. The topological polar surface area (TPSA) is 88.4 Å². The van der Waals surface area contributed by atoms with E-state index >= 15 is 0 Å². The number of thiazole rings is 1. The molecule has 1 atom stereocenters. The van der Waals surface area contributed by atoms with E-state index in [-0.39, 0.29) is 12.2 Å². The number of hydrogen-bond acceptors (Lipinski definition) is 8. The third-order valence-electron chi connectivity index (χ3n) is 5.79. The second kappa shape index (κ2) is 11.4. The maximum Gasteiger partial charge on any atom is 0.338 e. The number of esters is 1. The van der Waals surface area contributed by atoms with Gasteiger partial charge in [0.1, 0.15) is 5.75 Å². The SMILES string of the molecule is CCOC(=O)C1=C(C)N=c2s/c(=C\c3cc(Br)c(OCC)c(OC)c3)c(=O)n2[C@H]1c1ccc(OC)cc1. The maximum absolute atomic E-state index is 13.8. The van der Waals surface area contributed by atoms with E-state index in [1.54, 1.807) is 50.8 Å². The lowest BCUT2D eigenvalue weighted by atomic mass is 9.96. The summed E-state index contributed by atoms with van der Waals surface area (Å²) in [6.45, 7) is 6.10. The van der Waals surface area contributed by atoms with E-state index in [0.29, 0.717) is 48.9 Å². The Kier molecular flexibility index (Phi) is 8.19. The Labute approximate surface area is 226 Å². The summed E-state index contributed by atoms with van der Waals surface area (Å²) < 4.78 is 24.5. The van der Waals surface area contributed by atoms with Crippen LogP contribution in [0.4, 0.5) is 0 Å². The highest BCUT2D eigenvalue weighted by Crippen LogP contribution is 2.37. The van der Waals surface area contributed by atoms with E-state index in [9.17, 15) is 9.59 Å². The lowest BCUT2D eigenvalue weighted by Crippen LogP contribution is -2.39. The summed E-state index contributed by atoms with van der Waals surface area (Å²) in [4.78, 5) is 31.9. The fourth-order valence-corrected chi connectivity index (χ4v) is 5.77. The summed E-state index contributed by atoms with van der Waals surface area (Å²) in [5, 5.41) is 0. The Morgan fingerprint density at radius 3 is 2.49 bits per heavy atom. The minimum atomic E-state index is -0.690. The minimum Gasteiger partial charge on any atom is -0.497 e. The third-order valence-corrected chi connectivity index (χ3v) is 7.36. The van der Waals surface area contributed by atoms with Gasteiger partial charge in [0.25, 0.3) is 5.56 Å². The maximum atomic E-state index is 13.8. The molecule has 1 aliphatic heterocycles. The number of fused-ring (bicyclic) bond motifs is 1. The van der Waals surface area contributed by atoms with Gasteiger partial charge in [0.15, 0.2) is 16.3 Å². The van der Waals surface area contributed by atoms with Crippen LogP contribution in [-0.4, -0.2) is 38.0 Å². The molecule has 0 unspecified atom stereocenters. The van der Waals surface area contributed by atoms with Crippen LogP contribution in [0.25, 0.3) is 6.08 Å². The molecule has 1 aliphatic rings. The molecule has 3 aromatic rings. The number of nitrogens with zero attached hydrogens (tertiary/aromatic N) is 2. The first-order chi connectivity index (χ1) is 17.8. The van der Waals surface area contributed by atoms with E-state index < -0.39 is 12.0 Å². The van der Waals surface area contributed by atoms with Crippen molar-refractivity contribution in [1.29, 1.82) is 0 Å². The molecule has 0 bridgehead atoms. The zero-order valence-corrected chi connectivity index (χ0v) is 23.6. The standard InChI is InChI=1S/C27H27BrN2O6S/c1-6-35-24-19(28)12-16(13-20(24)34-5)14-21-25(31)30-23(17-8-10-18(33-4)11-9-17)22(26(32)36-7-2)15(3)29-27(30)37-21/h8-14,23H,6-7H2,1-5H3/b21-14-/t23-/m0/s1. The monoisotopic (exact) mass is 586 g/mol. The highest BCUT2D eigenvalue weighted by Gasteiger charge is 2.33. The quantitative estimate of drug-likeness (QED) is 0.371. The molecular weight excluding hydrogens is 560 g/mol. The molecule has 0 saturated heterocycles. The molecule has 8 nitrogen and oxygen atoms in total. The molecule has 0 radical (unpaired) electrons. The van der Waals surface area contributed by atoms with Crippen LogP contribution in [0.15, 0.2) is 61.9 Å². The third kappa shape index (κ3) is 5.21. The van der Waals surface area contributed by atoms with Gasteiger partial charge >= 0.3 is 5.97 Å². The lowest BCUT2D eigenvalue weighted by Gasteiger charge is -2.24. The predicted octanol–water partition coefficient (Wildman–Crippen LogP) is 3.98. The number of carbonyl (C=O) groups excluding carboxylic acids is 1. The summed E-state index contributed by atoms with van der Waals surface area (Å²) in [6.07, 6.45) is 1.78. The van der Waals surface area contributed by atoms with Crippen LogP contribution in [0.5, 0.6) is 17.2 Å². The largest absolute Gasteiger partial charge is 0.497 e. The van der Waals surface area contributed by atoms with Gasteiger partial charge in [-0.05, 0) is 78.2 Å². The normalized spacial score (nSPS) is 15.2. The van der Waals surface area contributed by atoms with Crippen LogP contribution in [0.3, 0.4) is 0 Å². The van der Waals surface area contributed by atoms with Crippen molar-refractivity contribution in [2.75, 3.05) is 27.4 Å². The molecule has 37 heavy (non-hydrogen) atoms. The van der Waals surface area contributed by atoms with E-state index in [2.05, 4.69) is 20.9 Å².